The molecule has 1 heterocycles. The molecule has 0 unspecified atom stereocenters. The number of thiophene rings is 1. The number of amides is 3. The van der Waals surface area contributed by atoms with Crippen molar-refractivity contribution in [3.05, 3.63) is 56.3 Å². The summed E-state index contributed by atoms with van der Waals surface area (Å²) in [5.41, 5.74) is 3.98. The van der Waals surface area contributed by atoms with Crippen molar-refractivity contribution in [1.29, 1.82) is 0 Å². The van der Waals surface area contributed by atoms with E-state index in [1.54, 1.807) is 17.5 Å². The van der Waals surface area contributed by atoms with E-state index in [0.29, 0.717) is 4.88 Å². The normalized spacial score (nSPS) is 9.88. The average Bonchev–Trinajstić information content (AvgIpc) is 3.18. The summed E-state index contributed by atoms with van der Waals surface area (Å²) in [5.74, 6) is -1.81. The molecule has 26 heavy (non-hydrogen) atoms. The average molecular weight is 378 g/mol. The quantitative estimate of drug-likeness (QED) is 0.503. The highest BCUT2D eigenvalue weighted by Gasteiger charge is 2.18. The van der Waals surface area contributed by atoms with Crippen molar-refractivity contribution in [3.8, 4) is 5.75 Å². The number of hydrogen-bond acceptors (Lipinski definition) is 7. The van der Waals surface area contributed by atoms with Gasteiger partial charge in [-0.05, 0) is 23.6 Å². The molecule has 2 rings (SSSR count). The Balaban J connectivity index is 1.88. The zero-order valence-electron chi connectivity index (χ0n) is 13.5. The van der Waals surface area contributed by atoms with Gasteiger partial charge in [0.05, 0.1) is 23.5 Å². The number of ether oxygens (including phenoxy) is 1. The molecular weight excluding hydrogens is 364 g/mol. The third-order valence-corrected chi connectivity index (χ3v) is 3.98. The highest BCUT2D eigenvalue weighted by Crippen LogP contribution is 2.27. The second kappa shape index (κ2) is 8.58. The first kappa shape index (κ1) is 18.9. The van der Waals surface area contributed by atoms with E-state index in [4.69, 9.17) is 4.74 Å². The van der Waals surface area contributed by atoms with Gasteiger partial charge in [0.2, 0.25) is 0 Å². The molecule has 11 heteroatoms. The van der Waals surface area contributed by atoms with Crippen molar-refractivity contribution in [1.82, 2.24) is 16.2 Å². The fourth-order valence-electron chi connectivity index (χ4n) is 1.88. The molecule has 0 aliphatic heterocycles. The Kier molecular flexibility index (Phi) is 6.22. The number of benzene rings is 1. The molecular formula is C15H14N4O6S. The second-order valence-corrected chi connectivity index (χ2v) is 5.75. The zero-order chi connectivity index (χ0) is 19.1. The van der Waals surface area contributed by atoms with E-state index >= 15 is 0 Å². The maximum absolute atomic E-state index is 12.0. The van der Waals surface area contributed by atoms with Gasteiger partial charge in [-0.15, -0.1) is 11.3 Å². The van der Waals surface area contributed by atoms with Crippen LogP contribution >= 0.6 is 11.3 Å². The van der Waals surface area contributed by atoms with E-state index in [1.165, 1.54) is 30.6 Å². The van der Waals surface area contributed by atoms with Gasteiger partial charge in [0.15, 0.2) is 5.75 Å². The molecule has 136 valence electrons. The number of rotatable bonds is 6. The smallest absolute Gasteiger partial charge is 0.311 e. The lowest BCUT2D eigenvalue weighted by Gasteiger charge is -2.08. The van der Waals surface area contributed by atoms with Gasteiger partial charge in [0.25, 0.3) is 17.7 Å². The Morgan fingerprint density at radius 1 is 1.19 bits per heavy atom. The first-order chi connectivity index (χ1) is 12.4. The number of nitrogens with one attached hydrogen (secondary N) is 3. The van der Waals surface area contributed by atoms with Crippen LogP contribution in [0.3, 0.4) is 0 Å². The fraction of sp³-hybridized carbons (Fsp3) is 0.133. The Morgan fingerprint density at radius 2 is 1.96 bits per heavy atom. The minimum atomic E-state index is -0.685. The number of nitro benzene ring substituents is 1. The van der Waals surface area contributed by atoms with Crippen molar-refractivity contribution >= 4 is 34.7 Å². The molecule has 10 nitrogen and oxygen atoms in total. The summed E-state index contributed by atoms with van der Waals surface area (Å²) in [7, 11) is 1.27. The number of carbonyl (C=O) groups excluding carboxylic acids is 3. The first-order valence-corrected chi connectivity index (χ1v) is 8.03. The fourth-order valence-corrected chi connectivity index (χ4v) is 2.50. The monoisotopic (exact) mass is 378 g/mol. The minimum absolute atomic E-state index is 0.00655. The van der Waals surface area contributed by atoms with Gasteiger partial charge in [-0.25, -0.2) is 0 Å². The molecule has 0 atom stereocenters. The molecule has 0 bridgehead atoms. The number of nitro groups is 1. The maximum atomic E-state index is 12.0. The van der Waals surface area contributed by atoms with Crippen molar-refractivity contribution in [2.75, 3.05) is 13.7 Å². The van der Waals surface area contributed by atoms with Crippen LogP contribution in [0.25, 0.3) is 0 Å². The van der Waals surface area contributed by atoms with Gasteiger partial charge in [-0.2, -0.15) is 0 Å². The van der Waals surface area contributed by atoms with Gasteiger partial charge < -0.3 is 10.1 Å². The van der Waals surface area contributed by atoms with Crippen LogP contribution in [0.15, 0.2) is 35.7 Å². The number of hydrogen-bond donors (Lipinski definition) is 3. The molecule has 0 saturated heterocycles. The highest BCUT2D eigenvalue weighted by molar-refractivity contribution is 7.12. The van der Waals surface area contributed by atoms with Gasteiger partial charge in [0, 0.05) is 11.6 Å². The number of carbonyl (C=O) groups is 3. The molecule has 0 aliphatic carbocycles. The Labute approximate surface area is 151 Å². The molecule has 2 aromatic rings. The minimum Gasteiger partial charge on any atom is -0.490 e. The summed E-state index contributed by atoms with van der Waals surface area (Å²) in [6.07, 6.45) is 0. The van der Waals surface area contributed by atoms with Gasteiger partial charge in [0.1, 0.15) is 0 Å². The molecule has 0 spiro atoms. The number of hydrazine groups is 1. The van der Waals surface area contributed by atoms with Gasteiger partial charge in [-0.3, -0.25) is 35.3 Å². The summed E-state index contributed by atoms with van der Waals surface area (Å²) < 4.78 is 4.85. The number of methoxy groups -OCH3 is 1. The van der Waals surface area contributed by atoms with Crippen molar-refractivity contribution < 1.29 is 24.0 Å². The van der Waals surface area contributed by atoms with Crippen LogP contribution in [0.2, 0.25) is 0 Å². The predicted molar refractivity (Wildman–Crippen MR) is 91.9 cm³/mol. The van der Waals surface area contributed by atoms with Crippen molar-refractivity contribution in [2.24, 2.45) is 0 Å². The molecule has 3 amide bonds. The second-order valence-electron chi connectivity index (χ2n) is 4.81. The highest BCUT2D eigenvalue weighted by atomic mass is 32.1. The van der Waals surface area contributed by atoms with E-state index in [9.17, 15) is 24.5 Å². The van der Waals surface area contributed by atoms with E-state index in [2.05, 4.69) is 16.2 Å². The largest absolute Gasteiger partial charge is 0.490 e. The van der Waals surface area contributed by atoms with Crippen LogP contribution < -0.4 is 20.9 Å². The SMILES string of the molecule is COc1ccc(C(=O)NCC(=O)NNC(=O)c2cccs2)cc1[N+](=O)[O-]. The van der Waals surface area contributed by atoms with E-state index in [1.807, 2.05) is 0 Å². The van der Waals surface area contributed by atoms with Crippen LogP contribution in [-0.2, 0) is 4.79 Å². The Bertz CT molecular complexity index is 837. The van der Waals surface area contributed by atoms with Gasteiger partial charge >= 0.3 is 5.69 Å². The molecule has 0 saturated carbocycles. The summed E-state index contributed by atoms with van der Waals surface area (Å²) in [6, 6.07) is 6.94. The van der Waals surface area contributed by atoms with Crippen LogP contribution in [0.4, 0.5) is 5.69 Å². The molecule has 1 aromatic heterocycles. The molecule has 0 aliphatic rings. The number of nitrogens with zero attached hydrogens (tertiary/aromatic N) is 1. The molecule has 1 aromatic carbocycles. The summed E-state index contributed by atoms with van der Waals surface area (Å²) in [6.45, 7) is -0.427. The Hall–Kier alpha value is -3.47. The Morgan fingerprint density at radius 3 is 2.58 bits per heavy atom. The molecule has 3 N–H and O–H groups in total. The third-order valence-electron chi connectivity index (χ3n) is 3.11. The van der Waals surface area contributed by atoms with Crippen molar-refractivity contribution in [2.45, 2.75) is 0 Å². The lowest BCUT2D eigenvalue weighted by molar-refractivity contribution is -0.385. The van der Waals surface area contributed by atoms with Crippen LogP contribution in [0, 0.1) is 10.1 Å². The lowest BCUT2D eigenvalue weighted by atomic mass is 10.1. The van der Waals surface area contributed by atoms with Crippen LogP contribution in [0.1, 0.15) is 20.0 Å². The topological polar surface area (TPSA) is 140 Å². The van der Waals surface area contributed by atoms with Crippen LogP contribution in [0.5, 0.6) is 5.75 Å². The standard InChI is InChI=1S/C15H14N4O6S/c1-25-11-5-4-9(7-10(11)19(23)24)14(21)16-8-13(20)17-18-15(22)12-3-2-6-26-12/h2-7H,8H2,1H3,(H,16,21)(H,17,20)(H,18,22). The summed E-state index contributed by atoms with van der Waals surface area (Å²) >= 11 is 1.21. The van der Waals surface area contributed by atoms with E-state index in [-0.39, 0.29) is 17.0 Å². The van der Waals surface area contributed by atoms with E-state index in [0.717, 1.165) is 6.07 Å². The lowest BCUT2D eigenvalue weighted by Crippen LogP contribution is -2.46. The van der Waals surface area contributed by atoms with Gasteiger partial charge in [-0.1, -0.05) is 6.07 Å². The summed E-state index contributed by atoms with van der Waals surface area (Å²) in [4.78, 5) is 46.0. The van der Waals surface area contributed by atoms with Crippen LogP contribution in [-0.4, -0.2) is 36.3 Å². The predicted octanol–water partition coefficient (Wildman–Crippen LogP) is 0.856. The summed E-state index contributed by atoms with van der Waals surface area (Å²) in [5, 5.41) is 15.0. The molecule has 0 fully saturated rings. The first-order valence-electron chi connectivity index (χ1n) is 7.15. The maximum Gasteiger partial charge on any atom is 0.311 e. The van der Waals surface area contributed by atoms with E-state index < -0.39 is 29.2 Å². The molecule has 0 radical (unpaired) electrons. The van der Waals surface area contributed by atoms with Crippen molar-refractivity contribution in [3.63, 3.8) is 0 Å². The third kappa shape index (κ3) is 4.77. The zero-order valence-corrected chi connectivity index (χ0v) is 14.3.